The highest BCUT2D eigenvalue weighted by atomic mass is 79.9. The van der Waals surface area contributed by atoms with E-state index in [1.807, 2.05) is 18.2 Å². The van der Waals surface area contributed by atoms with Crippen molar-refractivity contribution in [1.82, 2.24) is 14.9 Å². The molecule has 0 atom stereocenters. The molecule has 9 heteroatoms. The molecule has 0 saturated heterocycles. The van der Waals surface area contributed by atoms with E-state index in [4.69, 9.17) is 21.7 Å². The largest absolute Gasteiger partial charge is 0.493 e. The number of nitriles is 1. The van der Waals surface area contributed by atoms with Gasteiger partial charge in [0.05, 0.1) is 25.0 Å². The molecule has 0 amide bonds. The third-order valence-electron chi connectivity index (χ3n) is 3.93. The zero-order valence-corrected chi connectivity index (χ0v) is 17.5. The van der Waals surface area contributed by atoms with E-state index in [2.05, 4.69) is 37.3 Å². The molecule has 0 aliphatic rings. The molecule has 2 aromatic carbocycles. The van der Waals surface area contributed by atoms with Crippen LogP contribution in [0.2, 0.25) is 0 Å². The van der Waals surface area contributed by atoms with E-state index >= 15 is 0 Å². The van der Waals surface area contributed by atoms with Gasteiger partial charge in [0.15, 0.2) is 11.5 Å². The molecule has 0 aliphatic carbocycles. The highest BCUT2D eigenvalue weighted by Gasteiger charge is 2.11. The fourth-order valence-corrected chi connectivity index (χ4v) is 3.11. The lowest BCUT2D eigenvalue weighted by Gasteiger charge is -2.13. The zero-order valence-electron chi connectivity index (χ0n) is 15.1. The topological polar surface area (TPSA) is 88.2 Å². The molecule has 0 radical (unpaired) electrons. The van der Waals surface area contributed by atoms with Crippen LogP contribution in [0.4, 0.5) is 0 Å². The fraction of sp³-hybridized carbons (Fsp3) is 0.158. The third-order valence-corrected chi connectivity index (χ3v) is 4.88. The van der Waals surface area contributed by atoms with Crippen LogP contribution >= 0.6 is 28.1 Å². The van der Waals surface area contributed by atoms with Gasteiger partial charge in [-0.25, -0.2) is 0 Å². The molecule has 0 spiro atoms. The number of aromatic nitrogens is 3. The van der Waals surface area contributed by atoms with Crippen molar-refractivity contribution in [2.75, 3.05) is 7.11 Å². The fourth-order valence-electron chi connectivity index (χ4n) is 2.46. The summed E-state index contributed by atoms with van der Waals surface area (Å²) in [4.78, 5) is 0. The summed E-state index contributed by atoms with van der Waals surface area (Å²) in [5.74, 6) is 1.75. The van der Waals surface area contributed by atoms with Gasteiger partial charge in [-0.05, 0) is 53.3 Å². The van der Waals surface area contributed by atoms with Gasteiger partial charge in [-0.2, -0.15) is 20.1 Å². The second kappa shape index (κ2) is 8.82. The monoisotopic (exact) mass is 457 g/mol. The number of halogens is 1. The van der Waals surface area contributed by atoms with Gasteiger partial charge in [-0.3, -0.25) is 5.10 Å². The Morgan fingerprint density at radius 1 is 1.36 bits per heavy atom. The molecule has 1 aromatic heterocycles. The quantitative estimate of drug-likeness (QED) is 0.438. The third kappa shape index (κ3) is 4.30. The van der Waals surface area contributed by atoms with Gasteiger partial charge in [-0.1, -0.05) is 18.2 Å². The summed E-state index contributed by atoms with van der Waals surface area (Å²) in [5.41, 5.74) is 2.17. The Balaban J connectivity index is 1.85. The molecule has 0 fully saturated rings. The van der Waals surface area contributed by atoms with Crippen molar-refractivity contribution in [3.63, 3.8) is 0 Å². The van der Waals surface area contributed by atoms with Crippen LogP contribution in [0.5, 0.6) is 11.5 Å². The van der Waals surface area contributed by atoms with Gasteiger partial charge in [0.1, 0.15) is 12.4 Å². The Hall–Kier alpha value is -2.96. The van der Waals surface area contributed by atoms with Crippen LogP contribution in [0, 0.1) is 23.0 Å². The van der Waals surface area contributed by atoms with E-state index in [-0.39, 0.29) is 6.61 Å². The van der Waals surface area contributed by atoms with Crippen molar-refractivity contribution in [2.24, 2.45) is 5.10 Å². The summed E-state index contributed by atoms with van der Waals surface area (Å²) in [5, 5.41) is 20.3. The average Bonchev–Trinajstić information content (AvgIpc) is 3.03. The van der Waals surface area contributed by atoms with E-state index < -0.39 is 0 Å². The first-order valence-corrected chi connectivity index (χ1v) is 9.40. The lowest BCUT2D eigenvalue weighted by molar-refractivity contribution is 0.284. The minimum atomic E-state index is 0.253. The highest BCUT2D eigenvalue weighted by Crippen LogP contribution is 2.33. The highest BCUT2D eigenvalue weighted by molar-refractivity contribution is 9.10. The molecule has 0 aliphatic heterocycles. The maximum atomic E-state index is 9.20. The summed E-state index contributed by atoms with van der Waals surface area (Å²) in [6.45, 7) is 2.05. The standard InChI is InChI=1S/C19H16BrN5O2S/c1-12-23-24-19(28)25(12)22-10-15-7-17(26-2)18(8-16(15)20)27-11-14-6-4-3-5-13(14)9-21/h3-8,10H,11H2,1-2H3,(H,24,28)/b22-10-. The predicted octanol–water partition coefficient (Wildman–Crippen LogP) is 4.35. The molecule has 3 rings (SSSR count). The van der Waals surface area contributed by atoms with Crippen molar-refractivity contribution in [3.8, 4) is 17.6 Å². The number of nitrogens with zero attached hydrogens (tertiary/aromatic N) is 4. The van der Waals surface area contributed by atoms with Gasteiger partial charge in [0.2, 0.25) is 4.77 Å². The van der Waals surface area contributed by atoms with Gasteiger partial charge in [-0.15, -0.1) is 0 Å². The first kappa shape index (κ1) is 19.8. The Kier molecular flexibility index (Phi) is 6.23. The van der Waals surface area contributed by atoms with Gasteiger partial charge < -0.3 is 9.47 Å². The second-order valence-electron chi connectivity index (χ2n) is 5.71. The first-order chi connectivity index (χ1) is 13.5. The van der Waals surface area contributed by atoms with Crippen LogP contribution in [0.25, 0.3) is 0 Å². The van der Waals surface area contributed by atoms with Gasteiger partial charge in [0, 0.05) is 15.6 Å². The minimum Gasteiger partial charge on any atom is -0.493 e. The number of ether oxygens (including phenoxy) is 2. The molecule has 0 saturated carbocycles. The zero-order chi connectivity index (χ0) is 20.1. The molecule has 3 aromatic rings. The number of benzene rings is 2. The van der Waals surface area contributed by atoms with Crippen LogP contribution in [0.15, 0.2) is 46.0 Å². The van der Waals surface area contributed by atoms with E-state index in [1.165, 1.54) is 4.68 Å². The minimum absolute atomic E-state index is 0.253. The van der Waals surface area contributed by atoms with Gasteiger partial charge in [0.25, 0.3) is 0 Å². The maximum Gasteiger partial charge on any atom is 0.216 e. The van der Waals surface area contributed by atoms with Crippen molar-refractivity contribution in [1.29, 1.82) is 5.26 Å². The first-order valence-electron chi connectivity index (χ1n) is 8.20. The predicted molar refractivity (Wildman–Crippen MR) is 111 cm³/mol. The Bertz CT molecular complexity index is 1130. The Morgan fingerprint density at radius 3 is 2.82 bits per heavy atom. The molecular formula is C19H16BrN5O2S. The number of aryl methyl sites for hydroxylation is 1. The van der Waals surface area contributed by atoms with Crippen molar-refractivity contribution >= 4 is 34.4 Å². The molecule has 142 valence electrons. The SMILES string of the molecule is COc1cc(/C=N\n2c(C)n[nH]c2=S)c(Br)cc1OCc1ccccc1C#N. The number of rotatable bonds is 6. The molecule has 1 heterocycles. The number of H-pyrrole nitrogens is 1. The van der Waals surface area contributed by atoms with E-state index in [0.29, 0.717) is 27.7 Å². The molecule has 0 unspecified atom stereocenters. The average molecular weight is 458 g/mol. The number of methoxy groups -OCH3 is 1. The number of aromatic amines is 1. The molecule has 0 bridgehead atoms. The van der Waals surface area contributed by atoms with Crippen LogP contribution < -0.4 is 9.47 Å². The summed E-state index contributed by atoms with van der Waals surface area (Å²) in [6, 6.07) is 13.1. The number of nitrogens with one attached hydrogen (secondary N) is 1. The van der Waals surface area contributed by atoms with Gasteiger partial charge >= 0.3 is 0 Å². The van der Waals surface area contributed by atoms with E-state index in [0.717, 1.165) is 15.6 Å². The molecule has 7 nitrogen and oxygen atoms in total. The van der Waals surface area contributed by atoms with Crippen LogP contribution in [0.3, 0.4) is 0 Å². The van der Waals surface area contributed by atoms with Crippen molar-refractivity contribution in [2.45, 2.75) is 13.5 Å². The van der Waals surface area contributed by atoms with Crippen LogP contribution in [0.1, 0.15) is 22.5 Å². The Morgan fingerprint density at radius 2 is 2.14 bits per heavy atom. The Labute approximate surface area is 175 Å². The lowest BCUT2D eigenvalue weighted by Crippen LogP contribution is -2.01. The van der Waals surface area contributed by atoms with E-state index in [1.54, 1.807) is 38.4 Å². The van der Waals surface area contributed by atoms with Crippen LogP contribution in [-0.2, 0) is 6.61 Å². The smallest absolute Gasteiger partial charge is 0.216 e. The number of hydrogen-bond acceptors (Lipinski definition) is 6. The number of hydrogen-bond donors (Lipinski definition) is 1. The molecule has 1 N–H and O–H groups in total. The maximum absolute atomic E-state index is 9.20. The van der Waals surface area contributed by atoms with Crippen LogP contribution in [-0.4, -0.2) is 28.2 Å². The summed E-state index contributed by atoms with van der Waals surface area (Å²) >= 11 is 8.67. The summed E-state index contributed by atoms with van der Waals surface area (Å²) in [7, 11) is 1.57. The second-order valence-corrected chi connectivity index (χ2v) is 6.96. The van der Waals surface area contributed by atoms with Crippen molar-refractivity contribution < 1.29 is 9.47 Å². The normalized spacial score (nSPS) is 10.8. The lowest BCUT2D eigenvalue weighted by atomic mass is 10.1. The van der Waals surface area contributed by atoms with E-state index in [9.17, 15) is 5.26 Å². The molecule has 28 heavy (non-hydrogen) atoms. The summed E-state index contributed by atoms with van der Waals surface area (Å²) < 4.78 is 14.1. The summed E-state index contributed by atoms with van der Waals surface area (Å²) in [6.07, 6.45) is 1.65. The molecular weight excluding hydrogens is 442 g/mol. The van der Waals surface area contributed by atoms with Crippen molar-refractivity contribution in [3.05, 3.63) is 68.2 Å².